The Balaban J connectivity index is 1.51. The van der Waals surface area contributed by atoms with Crippen molar-refractivity contribution in [2.24, 2.45) is 0 Å². The lowest BCUT2D eigenvalue weighted by atomic mass is 9.97. The van der Waals surface area contributed by atoms with Crippen molar-refractivity contribution in [3.63, 3.8) is 0 Å². The molecule has 0 spiro atoms. The fraction of sp³-hybridized carbons (Fsp3) is 0.478. The second-order valence-corrected chi connectivity index (χ2v) is 9.06. The fourth-order valence-electron chi connectivity index (χ4n) is 4.20. The van der Waals surface area contributed by atoms with Crippen molar-refractivity contribution < 1.29 is 9.84 Å². The summed E-state index contributed by atoms with van der Waals surface area (Å²) in [5.41, 5.74) is 2.27. The molecule has 0 fully saturated rings. The third-order valence-corrected chi connectivity index (χ3v) is 6.83. The average molecular weight is 428 g/mol. The van der Waals surface area contributed by atoms with Gasteiger partial charge < -0.3 is 14.8 Å². The van der Waals surface area contributed by atoms with Gasteiger partial charge in [-0.05, 0) is 43.2 Å². The second kappa shape index (κ2) is 9.83. The zero-order chi connectivity index (χ0) is 20.9. The first-order valence-electron chi connectivity index (χ1n) is 10.6. The number of aliphatic hydroxyl groups is 1. The Kier molecular flexibility index (Phi) is 6.94. The summed E-state index contributed by atoms with van der Waals surface area (Å²) in [4.78, 5) is 24.8. The van der Waals surface area contributed by atoms with Gasteiger partial charge in [-0.1, -0.05) is 30.3 Å². The third-order valence-electron chi connectivity index (χ3n) is 5.64. The van der Waals surface area contributed by atoms with Crippen LogP contribution in [0.3, 0.4) is 0 Å². The van der Waals surface area contributed by atoms with Crippen LogP contribution in [0.2, 0.25) is 0 Å². The number of aryl methyl sites for hydroxylation is 2. The molecule has 0 saturated heterocycles. The zero-order valence-corrected chi connectivity index (χ0v) is 18.2. The van der Waals surface area contributed by atoms with Gasteiger partial charge in [0.05, 0.1) is 24.6 Å². The van der Waals surface area contributed by atoms with E-state index in [-0.39, 0.29) is 5.56 Å². The van der Waals surface area contributed by atoms with Crippen molar-refractivity contribution in [1.82, 2.24) is 14.9 Å². The molecule has 3 aromatic rings. The van der Waals surface area contributed by atoms with Crippen molar-refractivity contribution in [2.45, 2.75) is 44.8 Å². The maximum absolute atomic E-state index is 12.8. The summed E-state index contributed by atoms with van der Waals surface area (Å²) in [5, 5.41) is 11.4. The molecule has 30 heavy (non-hydrogen) atoms. The standard InChI is InChI=1S/C23H29N3O3S/c1-29-12-11-26(14-17(27)13-16-7-3-2-4-8-16)15-20-24-22(28)21-18-9-5-6-10-19(18)30-23(21)25-20/h2-4,7-8,17,27H,5-6,9-15H2,1H3,(H,24,25,28). The van der Waals surface area contributed by atoms with Crippen LogP contribution in [-0.4, -0.2) is 52.9 Å². The largest absolute Gasteiger partial charge is 0.391 e. The van der Waals surface area contributed by atoms with Crippen molar-refractivity contribution in [2.75, 3.05) is 26.8 Å². The van der Waals surface area contributed by atoms with Gasteiger partial charge in [0.25, 0.3) is 5.56 Å². The number of thiophene rings is 1. The zero-order valence-electron chi connectivity index (χ0n) is 17.4. The van der Waals surface area contributed by atoms with Gasteiger partial charge in [-0.25, -0.2) is 4.98 Å². The summed E-state index contributed by atoms with van der Waals surface area (Å²) in [5.74, 6) is 0.647. The monoisotopic (exact) mass is 427 g/mol. The highest BCUT2D eigenvalue weighted by atomic mass is 32.1. The summed E-state index contributed by atoms with van der Waals surface area (Å²) in [6, 6.07) is 9.98. The molecule has 2 N–H and O–H groups in total. The van der Waals surface area contributed by atoms with E-state index in [2.05, 4.69) is 9.88 Å². The number of methoxy groups -OCH3 is 1. The molecule has 6 nitrogen and oxygen atoms in total. The molecule has 0 radical (unpaired) electrons. The number of ether oxygens (including phenoxy) is 1. The Hall–Kier alpha value is -2.06. The number of rotatable bonds is 9. The molecule has 1 aromatic carbocycles. The van der Waals surface area contributed by atoms with Gasteiger partial charge in [0.1, 0.15) is 10.7 Å². The Bertz CT molecular complexity index is 1030. The minimum atomic E-state index is -0.506. The molecule has 0 bridgehead atoms. The van der Waals surface area contributed by atoms with Crippen molar-refractivity contribution in [3.05, 3.63) is 62.5 Å². The highest BCUT2D eigenvalue weighted by molar-refractivity contribution is 7.18. The first-order chi connectivity index (χ1) is 14.6. The molecular weight excluding hydrogens is 398 g/mol. The van der Waals surface area contributed by atoms with Gasteiger partial charge in [-0.3, -0.25) is 9.69 Å². The minimum Gasteiger partial charge on any atom is -0.391 e. The lowest BCUT2D eigenvalue weighted by Gasteiger charge is -2.24. The fourth-order valence-corrected chi connectivity index (χ4v) is 5.48. The van der Waals surface area contributed by atoms with Crippen LogP contribution in [-0.2, 0) is 30.5 Å². The molecule has 0 aliphatic heterocycles. The van der Waals surface area contributed by atoms with Gasteiger partial charge in [0.15, 0.2) is 0 Å². The van der Waals surface area contributed by atoms with E-state index >= 15 is 0 Å². The summed E-state index contributed by atoms with van der Waals surface area (Å²) in [6.45, 7) is 2.17. The number of fused-ring (bicyclic) bond motifs is 3. The van der Waals surface area contributed by atoms with E-state index in [9.17, 15) is 9.90 Å². The molecule has 0 amide bonds. The molecule has 2 heterocycles. The molecule has 1 atom stereocenters. The highest BCUT2D eigenvalue weighted by Crippen LogP contribution is 2.33. The third kappa shape index (κ3) is 4.98. The molecular formula is C23H29N3O3S. The quantitative estimate of drug-likeness (QED) is 0.549. The van der Waals surface area contributed by atoms with Crippen LogP contribution in [0.4, 0.5) is 0 Å². The number of nitrogens with zero attached hydrogens (tertiary/aromatic N) is 2. The van der Waals surface area contributed by atoms with Crippen LogP contribution < -0.4 is 5.56 Å². The maximum Gasteiger partial charge on any atom is 0.259 e. The number of nitrogens with one attached hydrogen (secondary N) is 1. The van der Waals surface area contributed by atoms with Gasteiger partial charge in [0, 0.05) is 25.1 Å². The van der Waals surface area contributed by atoms with Gasteiger partial charge >= 0.3 is 0 Å². The lowest BCUT2D eigenvalue weighted by Crippen LogP contribution is -2.36. The summed E-state index contributed by atoms with van der Waals surface area (Å²) in [7, 11) is 1.67. The summed E-state index contributed by atoms with van der Waals surface area (Å²) in [6.07, 6.45) is 4.44. The van der Waals surface area contributed by atoms with Crippen molar-refractivity contribution in [3.8, 4) is 0 Å². The van der Waals surface area contributed by atoms with E-state index in [0.29, 0.717) is 38.5 Å². The summed E-state index contributed by atoms with van der Waals surface area (Å²) < 4.78 is 5.25. The smallest absolute Gasteiger partial charge is 0.259 e. The van der Waals surface area contributed by atoms with E-state index < -0.39 is 6.10 Å². The molecule has 160 valence electrons. The number of H-pyrrole nitrogens is 1. The van der Waals surface area contributed by atoms with E-state index in [0.717, 1.165) is 35.0 Å². The number of aromatic amines is 1. The van der Waals surface area contributed by atoms with E-state index in [4.69, 9.17) is 9.72 Å². The van der Waals surface area contributed by atoms with Crippen LogP contribution in [0.5, 0.6) is 0 Å². The number of aromatic nitrogens is 2. The van der Waals surface area contributed by atoms with Crippen LogP contribution in [0.15, 0.2) is 35.1 Å². The Morgan fingerprint density at radius 3 is 2.87 bits per heavy atom. The van der Waals surface area contributed by atoms with Crippen LogP contribution in [0.25, 0.3) is 10.2 Å². The predicted octanol–water partition coefficient (Wildman–Crippen LogP) is 2.92. The van der Waals surface area contributed by atoms with Crippen LogP contribution >= 0.6 is 11.3 Å². The Morgan fingerprint density at radius 2 is 2.07 bits per heavy atom. The Labute approximate surface area is 180 Å². The number of benzene rings is 1. The number of hydrogen-bond acceptors (Lipinski definition) is 6. The van der Waals surface area contributed by atoms with Gasteiger partial charge in [-0.15, -0.1) is 11.3 Å². The van der Waals surface area contributed by atoms with Crippen molar-refractivity contribution >= 4 is 21.6 Å². The van der Waals surface area contributed by atoms with E-state index in [1.807, 2.05) is 30.3 Å². The first kappa shape index (κ1) is 21.2. The molecule has 1 aliphatic rings. The minimum absolute atomic E-state index is 0.0362. The average Bonchev–Trinajstić information content (AvgIpc) is 3.11. The molecule has 0 saturated carbocycles. The molecule has 7 heteroatoms. The van der Waals surface area contributed by atoms with Crippen LogP contribution in [0.1, 0.15) is 34.7 Å². The van der Waals surface area contributed by atoms with Crippen molar-refractivity contribution in [1.29, 1.82) is 0 Å². The highest BCUT2D eigenvalue weighted by Gasteiger charge is 2.21. The molecule has 4 rings (SSSR count). The van der Waals surface area contributed by atoms with E-state index in [1.165, 1.54) is 16.9 Å². The van der Waals surface area contributed by atoms with Crippen LogP contribution in [0, 0.1) is 0 Å². The number of hydrogen-bond donors (Lipinski definition) is 2. The van der Waals surface area contributed by atoms with Gasteiger partial charge in [0.2, 0.25) is 0 Å². The Morgan fingerprint density at radius 1 is 1.27 bits per heavy atom. The first-order valence-corrected chi connectivity index (χ1v) is 11.4. The van der Waals surface area contributed by atoms with Gasteiger partial charge in [-0.2, -0.15) is 0 Å². The molecule has 1 unspecified atom stereocenters. The predicted molar refractivity (Wildman–Crippen MR) is 120 cm³/mol. The topological polar surface area (TPSA) is 78.5 Å². The van der Waals surface area contributed by atoms with E-state index in [1.54, 1.807) is 18.4 Å². The summed E-state index contributed by atoms with van der Waals surface area (Å²) >= 11 is 1.66. The number of aliphatic hydroxyl groups excluding tert-OH is 1. The second-order valence-electron chi connectivity index (χ2n) is 7.98. The lowest BCUT2D eigenvalue weighted by molar-refractivity contribution is 0.0837. The normalized spacial score (nSPS) is 14.9. The molecule has 2 aromatic heterocycles. The molecule has 1 aliphatic carbocycles. The maximum atomic E-state index is 12.8. The SMILES string of the molecule is COCCN(Cc1nc2sc3c(c2c(=O)[nH]1)CCCC3)CC(O)Cc1ccccc1.